The maximum Gasteiger partial charge on any atom is 0.0126 e. The second kappa shape index (κ2) is 5.31. The molecule has 15 heavy (non-hydrogen) atoms. The van der Waals surface area contributed by atoms with Gasteiger partial charge in [0.2, 0.25) is 0 Å². The van der Waals surface area contributed by atoms with E-state index in [1.165, 1.54) is 39.1 Å². The van der Waals surface area contributed by atoms with Crippen molar-refractivity contribution in [2.75, 3.05) is 32.7 Å². The molecule has 0 radical (unpaired) electrons. The molecule has 0 N–H and O–H groups in total. The first kappa shape index (κ1) is 13.0. The number of hydrogen-bond acceptors (Lipinski definition) is 2. The van der Waals surface area contributed by atoms with E-state index in [2.05, 4.69) is 44.4 Å². The van der Waals surface area contributed by atoms with E-state index in [9.17, 15) is 0 Å². The van der Waals surface area contributed by atoms with Crippen LogP contribution in [0.2, 0.25) is 0 Å². The van der Waals surface area contributed by atoms with Crippen LogP contribution in [0.4, 0.5) is 0 Å². The molecule has 0 aromatic carbocycles. The lowest BCUT2D eigenvalue weighted by molar-refractivity contribution is 0.0562. The van der Waals surface area contributed by atoms with E-state index in [0.717, 1.165) is 5.92 Å². The van der Waals surface area contributed by atoms with Crippen LogP contribution in [-0.4, -0.2) is 48.1 Å². The lowest BCUT2D eigenvalue weighted by Gasteiger charge is -2.42. The van der Waals surface area contributed by atoms with Crippen molar-refractivity contribution < 1.29 is 0 Å². The SMILES string of the molecule is CCC(C)CN1CCN(C(C)(C)C)CC1. The van der Waals surface area contributed by atoms with E-state index in [1.807, 2.05) is 0 Å². The van der Waals surface area contributed by atoms with Gasteiger partial charge in [-0.05, 0) is 26.7 Å². The number of hydrogen-bond donors (Lipinski definition) is 0. The average molecular weight is 212 g/mol. The first-order valence-corrected chi connectivity index (χ1v) is 6.41. The van der Waals surface area contributed by atoms with Gasteiger partial charge in [-0.25, -0.2) is 0 Å². The summed E-state index contributed by atoms with van der Waals surface area (Å²) in [6.07, 6.45) is 1.31. The molecule has 0 amide bonds. The van der Waals surface area contributed by atoms with Crippen molar-refractivity contribution in [3.63, 3.8) is 0 Å². The zero-order valence-corrected chi connectivity index (χ0v) is 11.2. The molecule has 0 aromatic heterocycles. The Balaban J connectivity index is 2.30. The average Bonchev–Trinajstić information content (AvgIpc) is 2.17. The normalized spacial score (nSPS) is 23.0. The fraction of sp³-hybridized carbons (Fsp3) is 1.00. The third kappa shape index (κ3) is 4.12. The molecule has 1 aliphatic rings. The highest BCUT2D eigenvalue weighted by molar-refractivity contribution is 4.82. The van der Waals surface area contributed by atoms with E-state index in [-0.39, 0.29) is 0 Å². The molecule has 1 unspecified atom stereocenters. The van der Waals surface area contributed by atoms with Crippen molar-refractivity contribution >= 4 is 0 Å². The summed E-state index contributed by atoms with van der Waals surface area (Å²) in [5, 5.41) is 0. The van der Waals surface area contributed by atoms with Crippen LogP contribution in [0.25, 0.3) is 0 Å². The number of nitrogens with zero attached hydrogens (tertiary/aromatic N) is 2. The number of rotatable bonds is 3. The molecular formula is C13H28N2. The van der Waals surface area contributed by atoms with Gasteiger partial charge < -0.3 is 4.90 Å². The van der Waals surface area contributed by atoms with E-state index >= 15 is 0 Å². The fourth-order valence-electron chi connectivity index (χ4n) is 2.17. The third-order valence-electron chi connectivity index (χ3n) is 3.59. The molecule has 0 saturated carbocycles. The Bertz CT molecular complexity index is 175. The molecule has 2 nitrogen and oxygen atoms in total. The molecule has 2 heteroatoms. The van der Waals surface area contributed by atoms with Crippen LogP contribution >= 0.6 is 0 Å². The lowest BCUT2D eigenvalue weighted by Crippen LogP contribution is -2.53. The third-order valence-corrected chi connectivity index (χ3v) is 3.59. The second-order valence-corrected chi connectivity index (χ2v) is 5.97. The summed E-state index contributed by atoms with van der Waals surface area (Å²) in [6.45, 7) is 17.9. The van der Waals surface area contributed by atoms with E-state index in [1.54, 1.807) is 0 Å². The summed E-state index contributed by atoms with van der Waals surface area (Å²) in [4.78, 5) is 5.22. The first-order chi connectivity index (χ1) is 6.93. The van der Waals surface area contributed by atoms with Crippen molar-refractivity contribution in [1.29, 1.82) is 0 Å². The highest BCUT2D eigenvalue weighted by atomic mass is 15.3. The molecular weight excluding hydrogens is 184 g/mol. The molecule has 1 heterocycles. The van der Waals surface area contributed by atoms with Crippen molar-refractivity contribution in [2.24, 2.45) is 5.92 Å². The molecule has 0 bridgehead atoms. The Morgan fingerprint density at radius 2 is 1.60 bits per heavy atom. The van der Waals surface area contributed by atoms with Gasteiger partial charge in [0.25, 0.3) is 0 Å². The second-order valence-electron chi connectivity index (χ2n) is 5.97. The minimum atomic E-state index is 0.350. The van der Waals surface area contributed by atoms with Crippen LogP contribution in [0.5, 0.6) is 0 Å². The summed E-state index contributed by atoms with van der Waals surface area (Å²) in [6, 6.07) is 0. The van der Waals surface area contributed by atoms with Gasteiger partial charge in [-0.3, -0.25) is 4.90 Å². The zero-order valence-electron chi connectivity index (χ0n) is 11.2. The van der Waals surface area contributed by atoms with E-state index in [0.29, 0.717) is 5.54 Å². The Labute approximate surface area is 95.6 Å². The first-order valence-electron chi connectivity index (χ1n) is 6.41. The predicted molar refractivity (Wildman–Crippen MR) is 67.2 cm³/mol. The molecule has 1 atom stereocenters. The summed E-state index contributed by atoms with van der Waals surface area (Å²) in [5.41, 5.74) is 0.350. The molecule has 1 aliphatic heterocycles. The fourth-order valence-corrected chi connectivity index (χ4v) is 2.17. The van der Waals surface area contributed by atoms with Crippen LogP contribution in [0, 0.1) is 5.92 Å². The van der Waals surface area contributed by atoms with Crippen LogP contribution in [-0.2, 0) is 0 Å². The molecule has 0 spiro atoms. The molecule has 1 rings (SSSR count). The smallest absolute Gasteiger partial charge is 0.0126 e. The topological polar surface area (TPSA) is 6.48 Å². The van der Waals surface area contributed by atoms with Crippen molar-refractivity contribution in [3.8, 4) is 0 Å². The summed E-state index contributed by atoms with van der Waals surface area (Å²) in [7, 11) is 0. The Morgan fingerprint density at radius 3 is 2.00 bits per heavy atom. The van der Waals surface area contributed by atoms with Crippen LogP contribution in [0.15, 0.2) is 0 Å². The Kier molecular flexibility index (Phi) is 4.60. The molecule has 0 aliphatic carbocycles. The maximum atomic E-state index is 2.62. The maximum absolute atomic E-state index is 2.62. The van der Waals surface area contributed by atoms with Crippen LogP contribution in [0.3, 0.4) is 0 Å². The van der Waals surface area contributed by atoms with Gasteiger partial charge in [-0.1, -0.05) is 20.3 Å². The zero-order chi connectivity index (χ0) is 11.5. The van der Waals surface area contributed by atoms with Crippen LogP contribution < -0.4 is 0 Å². The van der Waals surface area contributed by atoms with Gasteiger partial charge in [-0.15, -0.1) is 0 Å². The monoisotopic (exact) mass is 212 g/mol. The highest BCUT2D eigenvalue weighted by Gasteiger charge is 2.25. The molecule has 0 aromatic rings. The van der Waals surface area contributed by atoms with Gasteiger partial charge in [0.05, 0.1) is 0 Å². The standard InChI is InChI=1S/C13H28N2/c1-6-12(2)11-14-7-9-15(10-8-14)13(3,4)5/h12H,6-11H2,1-5H3. The van der Waals surface area contributed by atoms with Gasteiger partial charge in [0.15, 0.2) is 0 Å². The molecule has 1 saturated heterocycles. The summed E-state index contributed by atoms with van der Waals surface area (Å²) in [5.74, 6) is 0.853. The minimum absolute atomic E-state index is 0.350. The lowest BCUT2D eigenvalue weighted by atomic mass is 10.0. The van der Waals surface area contributed by atoms with Crippen molar-refractivity contribution in [3.05, 3.63) is 0 Å². The highest BCUT2D eigenvalue weighted by Crippen LogP contribution is 2.16. The Hall–Kier alpha value is -0.0800. The number of piperazine rings is 1. The molecule has 1 fully saturated rings. The predicted octanol–water partition coefficient (Wildman–Crippen LogP) is 2.45. The van der Waals surface area contributed by atoms with Gasteiger partial charge in [-0.2, -0.15) is 0 Å². The minimum Gasteiger partial charge on any atom is -0.301 e. The van der Waals surface area contributed by atoms with Crippen molar-refractivity contribution in [2.45, 2.75) is 46.6 Å². The van der Waals surface area contributed by atoms with Gasteiger partial charge in [0, 0.05) is 38.3 Å². The van der Waals surface area contributed by atoms with E-state index in [4.69, 9.17) is 0 Å². The largest absolute Gasteiger partial charge is 0.301 e. The summed E-state index contributed by atoms with van der Waals surface area (Å²) >= 11 is 0. The summed E-state index contributed by atoms with van der Waals surface area (Å²) < 4.78 is 0. The van der Waals surface area contributed by atoms with E-state index < -0.39 is 0 Å². The quantitative estimate of drug-likeness (QED) is 0.709. The Morgan fingerprint density at radius 1 is 1.07 bits per heavy atom. The van der Waals surface area contributed by atoms with Gasteiger partial charge >= 0.3 is 0 Å². The molecule has 90 valence electrons. The van der Waals surface area contributed by atoms with Crippen LogP contribution in [0.1, 0.15) is 41.0 Å². The van der Waals surface area contributed by atoms with Gasteiger partial charge in [0.1, 0.15) is 0 Å². The van der Waals surface area contributed by atoms with Crippen molar-refractivity contribution in [1.82, 2.24) is 9.80 Å².